The summed E-state index contributed by atoms with van der Waals surface area (Å²) in [5, 5.41) is 0.562. The lowest BCUT2D eigenvalue weighted by molar-refractivity contribution is 0.638. The quantitative estimate of drug-likeness (QED) is 0.606. The van der Waals surface area contributed by atoms with Gasteiger partial charge < -0.3 is 0 Å². The summed E-state index contributed by atoms with van der Waals surface area (Å²) in [6.07, 6.45) is 1.49. The van der Waals surface area contributed by atoms with Gasteiger partial charge in [0.05, 0.1) is 5.52 Å². The third-order valence-electron chi connectivity index (χ3n) is 2.80. The molecular formula is C15H10FN. The highest BCUT2D eigenvalue weighted by molar-refractivity contribution is 5.84. The van der Waals surface area contributed by atoms with E-state index in [0.717, 1.165) is 11.1 Å². The fourth-order valence-corrected chi connectivity index (χ4v) is 1.92. The van der Waals surface area contributed by atoms with Crippen molar-refractivity contribution in [3.8, 4) is 11.1 Å². The first kappa shape index (κ1) is 9.97. The minimum absolute atomic E-state index is 0.227. The molecule has 0 amide bonds. The highest BCUT2D eigenvalue weighted by Crippen LogP contribution is 2.24. The fourth-order valence-electron chi connectivity index (χ4n) is 1.92. The van der Waals surface area contributed by atoms with Gasteiger partial charge in [-0.3, -0.25) is 4.98 Å². The van der Waals surface area contributed by atoms with Crippen molar-refractivity contribution in [1.82, 2.24) is 4.98 Å². The van der Waals surface area contributed by atoms with Crippen LogP contribution >= 0.6 is 0 Å². The van der Waals surface area contributed by atoms with Crippen LogP contribution in [0.2, 0.25) is 0 Å². The van der Waals surface area contributed by atoms with Crippen LogP contribution in [0, 0.1) is 5.82 Å². The molecule has 0 aliphatic carbocycles. The number of hydrogen-bond donors (Lipinski definition) is 0. The third-order valence-corrected chi connectivity index (χ3v) is 2.80. The molecule has 0 aliphatic heterocycles. The first-order chi connectivity index (χ1) is 8.34. The van der Waals surface area contributed by atoms with Gasteiger partial charge in [-0.2, -0.15) is 0 Å². The Kier molecular flexibility index (Phi) is 2.33. The molecule has 0 saturated heterocycles. The largest absolute Gasteiger partial charge is 0.256 e. The molecule has 82 valence electrons. The summed E-state index contributed by atoms with van der Waals surface area (Å²) >= 11 is 0. The van der Waals surface area contributed by atoms with E-state index in [-0.39, 0.29) is 5.82 Å². The van der Waals surface area contributed by atoms with Crippen molar-refractivity contribution < 1.29 is 4.39 Å². The smallest absolute Gasteiger partial charge is 0.134 e. The van der Waals surface area contributed by atoms with E-state index in [1.54, 1.807) is 6.07 Å². The molecule has 0 N–H and O–H groups in total. The Labute approximate surface area is 98.6 Å². The van der Waals surface area contributed by atoms with Crippen LogP contribution in [-0.2, 0) is 0 Å². The van der Waals surface area contributed by atoms with E-state index >= 15 is 0 Å². The van der Waals surface area contributed by atoms with E-state index < -0.39 is 0 Å². The Morgan fingerprint density at radius 3 is 2.47 bits per heavy atom. The van der Waals surface area contributed by atoms with Crippen LogP contribution in [0.25, 0.3) is 22.0 Å². The standard InChI is InChI=1S/C15H10FN/c16-14-8-9-17-15-10-12(6-7-13(14)15)11-4-2-1-3-5-11/h1-10H. The van der Waals surface area contributed by atoms with Gasteiger partial charge in [-0.05, 0) is 29.3 Å². The molecule has 3 aromatic rings. The van der Waals surface area contributed by atoms with E-state index in [2.05, 4.69) is 4.98 Å². The monoisotopic (exact) mass is 223 g/mol. The van der Waals surface area contributed by atoms with Crippen molar-refractivity contribution in [2.75, 3.05) is 0 Å². The van der Waals surface area contributed by atoms with Crippen LogP contribution in [0.5, 0.6) is 0 Å². The van der Waals surface area contributed by atoms with Gasteiger partial charge in [-0.15, -0.1) is 0 Å². The van der Waals surface area contributed by atoms with E-state index in [0.29, 0.717) is 10.9 Å². The van der Waals surface area contributed by atoms with E-state index in [9.17, 15) is 4.39 Å². The van der Waals surface area contributed by atoms with Gasteiger partial charge in [0.25, 0.3) is 0 Å². The number of hydrogen-bond acceptors (Lipinski definition) is 1. The lowest BCUT2D eigenvalue weighted by Gasteiger charge is -2.03. The zero-order chi connectivity index (χ0) is 11.7. The minimum Gasteiger partial charge on any atom is -0.256 e. The molecule has 1 nitrogen and oxygen atoms in total. The molecular weight excluding hydrogens is 213 g/mol. The number of aromatic nitrogens is 1. The molecule has 0 fully saturated rings. The van der Waals surface area contributed by atoms with Gasteiger partial charge >= 0.3 is 0 Å². The molecule has 3 rings (SSSR count). The number of fused-ring (bicyclic) bond motifs is 1. The second kappa shape index (κ2) is 3.98. The van der Waals surface area contributed by atoms with Crippen LogP contribution in [0.4, 0.5) is 4.39 Å². The topological polar surface area (TPSA) is 12.9 Å². The van der Waals surface area contributed by atoms with Crippen molar-refractivity contribution in [2.45, 2.75) is 0 Å². The van der Waals surface area contributed by atoms with Gasteiger partial charge in [0.15, 0.2) is 0 Å². The molecule has 1 heterocycles. The number of nitrogens with zero attached hydrogens (tertiary/aromatic N) is 1. The Hall–Kier alpha value is -2.22. The number of halogens is 1. The molecule has 2 aromatic carbocycles. The Morgan fingerprint density at radius 2 is 1.65 bits per heavy atom. The maximum atomic E-state index is 13.5. The van der Waals surface area contributed by atoms with Crippen molar-refractivity contribution in [2.24, 2.45) is 0 Å². The second-order valence-corrected chi connectivity index (χ2v) is 3.89. The predicted molar refractivity (Wildman–Crippen MR) is 67.1 cm³/mol. The molecule has 0 unspecified atom stereocenters. The zero-order valence-electron chi connectivity index (χ0n) is 9.10. The Balaban J connectivity index is 2.21. The molecule has 0 bridgehead atoms. The molecule has 0 saturated carbocycles. The van der Waals surface area contributed by atoms with Crippen LogP contribution in [0.15, 0.2) is 60.8 Å². The number of pyridine rings is 1. The van der Waals surface area contributed by atoms with E-state index in [1.165, 1.54) is 12.3 Å². The van der Waals surface area contributed by atoms with Crippen LogP contribution < -0.4 is 0 Å². The molecule has 2 heteroatoms. The third kappa shape index (κ3) is 1.78. The summed E-state index contributed by atoms with van der Waals surface area (Å²) in [7, 11) is 0. The fraction of sp³-hybridized carbons (Fsp3) is 0. The molecule has 0 atom stereocenters. The Morgan fingerprint density at radius 1 is 0.824 bits per heavy atom. The summed E-state index contributed by atoms with van der Waals surface area (Å²) in [6.45, 7) is 0. The second-order valence-electron chi connectivity index (χ2n) is 3.89. The first-order valence-electron chi connectivity index (χ1n) is 5.44. The first-order valence-corrected chi connectivity index (χ1v) is 5.44. The SMILES string of the molecule is Fc1ccnc2cc(-c3ccccc3)ccc12. The summed E-state index contributed by atoms with van der Waals surface area (Å²) in [6, 6.07) is 17.0. The van der Waals surface area contributed by atoms with Crippen LogP contribution in [0.1, 0.15) is 0 Å². The average molecular weight is 223 g/mol. The molecule has 1 aromatic heterocycles. The minimum atomic E-state index is -0.227. The maximum absolute atomic E-state index is 13.5. The predicted octanol–water partition coefficient (Wildman–Crippen LogP) is 4.04. The molecule has 0 radical (unpaired) electrons. The van der Waals surface area contributed by atoms with Gasteiger partial charge in [-0.25, -0.2) is 4.39 Å². The Bertz CT molecular complexity index is 662. The van der Waals surface area contributed by atoms with E-state index in [4.69, 9.17) is 0 Å². The summed E-state index contributed by atoms with van der Waals surface area (Å²) < 4.78 is 13.5. The average Bonchev–Trinajstić information content (AvgIpc) is 2.40. The van der Waals surface area contributed by atoms with Crippen LogP contribution in [-0.4, -0.2) is 4.98 Å². The van der Waals surface area contributed by atoms with Gasteiger partial charge in [0.2, 0.25) is 0 Å². The van der Waals surface area contributed by atoms with Crippen molar-refractivity contribution in [1.29, 1.82) is 0 Å². The maximum Gasteiger partial charge on any atom is 0.134 e. The molecule has 0 spiro atoms. The van der Waals surface area contributed by atoms with Crippen LogP contribution in [0.3, 0.4) is 0 Å². The summed E-state index contributed by atoms with van der Waals surface area (Å²) in [5.74, 6) is -0.227. The highest BCUT2D eigenvalue weighted by atomic mass is 19.1. The van der Waals surface area contributed by atoms with Crippen molar-refractivity contribution in [3.05, 3.63) is 66.6 Å². The molecule has 0 aliphatic rings. The number of rotatable bonds is 1. The van der Waals surface area contributed by atoms with Crippen molar-refractivity contribution >= 4 is 10.9 Å². The van der Waals surface area contributed by atoms with Gasteiger partial charge in [-0.1, -0.05) is 36.4 Å². The lowest BCUT2D eigenvalue weighted by Crippen LogP contribution is -1.84. The summed E-state index contributed by atoms with van der Waals surface area (Å²) in [5.41, 5.74) is 2.85. The van der Waals surface area contributed by atoms with Gasteiger partial charge in [0.1, 0.15) is 5.82 Å². The van der Waals surface area contributed by atoms with Crippen molar-refractivity contribution in [3.63, 3.8) is 0 Å². The highest BCUT2D eigenvalue weighted by Gasteiger charge is 2.03. The number of benzene rings is 2. The normalized spacial score (nSPS) is 10.6. The summed E-state index contributed by atoms with van der Waals surface area (Å²) in [4.78, 5) is 4.19. The zero-order valence-corrected chi connectivity index (χ0v) is 9.10. The molecule has 17 heavy (non-hydrogen) atoms. The lowest BCUT2D eigenvalue weighted by atomic mass is 10.0. The van der Waals surface area contributed by atoms with Gasteiger partial charge in [0, 0.05) is 11.6 Å². The van der Waals surface area contributed by atoms with E-state index in [1.807, 2.05) is 42.5 Å².